The van der Waals surface area contributed by atoms with E-state index in [1.165, 1.54) is 12.1 Å². The van der Waals surface area contributed by atoms with Crippen molar-refractivity contribution in [3.63, 3.8) is 0 Å². The Balaban J connectivity index is 0.00000243. The van der Waals surface area contributed by atoms with Crippen LogP contribution in [0.3, 0.4) is 0 Å². The molecular formula is C18H25ClFN5O. The van der Waals surface area contributed by atoms with Gasteiger partial charge in [0.15, 0.2) is 0 Å². The fraction of sp³-hybridized carbons (Fsp3) is 0.500. The summed E-state index contributed by atoms with van der Waals surface area (Å²) in [6, 6.07) is 6.63. The molecule has 1 aromatic carbocycles. The Morgan fingerprint density at radius 2 is 2.19 bits per heavy atom. The Hall–Kier alpha value is -1.99. The monoisotopic (exact) mass is 381 g/mol. The second kappa shape index (κ2) is 8.60. The van der Waals surface area contributed by atoms with Crippen molar-refractivity contribution in [3.8, 4) is 5.69 Å². The molecule has 0 spiro atoms. The highest BCUT2D eigenvalue weighted by Gasteiger charge is 2.24. The molecule has 2 atom stereocenters. The van der Waals surface area contributed by atoms with Crippen LogP contribution in [0.1, 0.15) is 56.0 Å². The second-order valence-corrected chi connectivity index (χ2v) is 6.89. The molecule has 0 saturated carbocycles. The van der Waals surface area contributed by atoms with E-state index in [-0.39, 0.29) is 41.9 Å². The number of hydrogen-bond donors (Lipinski definition) is 2. The summed E-state index contributed by atoms with van der Waals surface area (Å²) in [4.78, 5) is 17.0. The summed E-state index contributed by atoms with van der Waals surface area (Å²) < 4.78 is 15.1. The van der Waals surface area contributed by atoms with Crippen molar-refractivity contribution < 1.29 is 9.18 Å². The Bertz CT molecular complexity index is 764. The first-order valence-corrected chi connectivity index (χ1v) is 8.71. The summed E-state index contributed by atoms with van der Waals surface area (Å²) >= 11 is 0. The van der Waals surface area contributed by atoms with Gasteiger partial charge in [0.05, 0.1) is 5.69 Å². The highest BCUT2D eigenvalue weighted by atomic mass is 35.5. The van der Waals surface area contributed by atoms with Gasteiger partial charge in [-0.3, -0.25) is 4.79 Å². The van der Waals surface area contributed by atoms with E-state index in [4.69, 9.17) is 0 Å². The van der Waals surface area contributed by atoms with Gasteiger partial charge < -0.3 is 10.6 Å². The summed E-state index contributed by atoms with van der Waals surface area (Å²) in [5, 5.41) is 10.7. The first-order chi connectivity index (χ1) is 11.9. The van der Waals surface area contributed by atoms with Crippen molar-refractivity contribution in [1.29, 1.82) is 0 Å². The molecule has 0 radical (unpaired) electrons. The molecular weight excluding hydrogens is 357 g/mol. The fourth-order valence-corrected chi connectivity index (χ4v) is 3.10. The molecule has 2 unspecified atom stereocenters. The third kappa shape index (κ3) is 4.59. The minimum Gasteiger partial charge on any atom is -0.346 e. The lowest BCUT2D eigenvalue weighted by Gasteiger charge is -2.28. The van der Waals surface area contributed by atoms with Crippen LogP contribution in [-0.2, 0) is 0 Å². The minimum absolute atomic E-state index is 0. The van der Waals surface area contributed by atoms with Gasteiger partial charge in [0, 0.05) is 18.0 Å². The molecule has 1 amide bonds. The first kappa shape index (κ1) is 20.3. The Kier molecular flexibility index (Phi) is 6.72. The number of halogens is 2. The van der Waals surface area contributed by atoms with Gasteiger partial charge in [0.25, 0.3) is 5.91 Å². The van der Waals surface area contributed by atoms with Gasteiger partial charge in [-0.1, -0.05) is 19.9 Å². The number of aromatic nitrogens is 3. The average molecular weight is 382 g/mol. The van der Waals surface area contributed by atoms with Crippen molar-refractivity contribution in [2.24, 2.45) is 0 Å². The van der Waals surface area contributed by atoms with E-state index in [2.05, 4.69) is 27.6 Å². The molecule has 2 heterocycles. The number of nitrogens with one attached hydrogen (secondary N) is 2. The van der Waals surface area contributed by atoms with Crippen LogP contribution >= 0.6 is 12.4 Å². The van der Waals surface area contributed by atoms with E-state index in [1.807, 2.05) is 13.8 Å². The maximum Gasteiger partial charge on any atom is 0.291 e. The van der Waals surface area contributed by atoms with Crippen molar-refractivity contribution in [2.45, 2.75) is 51.6 Å². The lowest BCUT2D eigenvalue weighted by Crippen LogP contribution is -2.46. The van der Waals surface area contributed by atoms with Gasteiger partial charge >= 0.3 is 0 Å². The fourth-order valence-electron chi connectivity index (χ4n) is 3.10. The van der Waals surface area contributed by atoms with Gasteiger partial charge in [-0.05, 0) is 44.5 Å². The van der Waals surface area contributed by atoms with E-state index in [9.17, 15) is 9.18 Å². The number of carbonyl (C=O) groups excluding carboxylic acids is 1. The molecule has 26 heavy (non-hydrogen) atoms. The molecule has 0 bridgehead atoms. The van der Waals surface area contributed by atoms with Crippen molar-refractivity contribution in [2.75, 3.05) is 6.54 Å². The van der Waals surface area contributed by atoms with Gasteiger partial charge in [0.2, 0.25) is 5.82 Å². The van der Waals surface area contributed by atoms with Crippen LogP contribution in [0.25, 0.3) is 5.69 Å². The average Bonchev–Trinajstić information content (AvgIpc) is 3.00. The van der Waals surface area contributed by atoms with Gasteiger partial charge in [-0.2, -0.15) is 0 Å². The maximum absolute atomic E-state index is 13.5. The standard InChI is InChI=1S/C18H24FN5O.ClH/c1-11(2)17-22-16(18(25)21-14-7-8-20-12(3)9-14)23-24(17)15-6-4-5-13(19)10-15;/h4-6,10-12,14,20H,7-9H2,1-3H3,(H,21,25);1H. The molecule has 2 N–H and O–H groups in total. The summed E-state index contributed by atoms with van der Waals surface area (Å²) in [5.41, 5.74) is 0.561. The summed E-state index contributed by atoms with van der Waals surface area (Å²) in [5.74, 6) is 0.179. The Morgan fingerprint density at radius 1 is 1.42 bits per heavy atom. The van der Waals surface area contributed by atoms with E-state index < -0.39 is 0 Å². The number of hydrogen-bond acceptors (Lipinski definition) is 4. The molecule has 8 heteroatoms. The predicted octanol–water partition coefficient (Wildman–Crippen LogP) is 2.82. The number of nitrogens with zero attached hydrogens (tertiary/aromatic N) is 3. The van der Waals surface area contributed by atoms with E-state index >= 15 is 0 Å². The number of benzene rings is 1. The lowest BCUT2D eigenvalue weighted by atomic mass is 10.0. The Labute approximate surface area is 159 Å². The van der Waals surface area contributed by atoms with E-state index in [0.717, 1.165) is 19.4 Å². The topological polar surface area (TPSA) is 71.8 Å². The van der Waals surface area contributed by atoms with Crippen LogP contribution in [0.2, 0.25) is 0 Å². The van der Waals surface area contributed by atoms with Crippen LogP contribution in [0, 0.1) is 5.82 Å². The SMILES string of the molecule is CC1CC(NC(=O)c2nc(C(C)C)n(-c3cccc(F)c3)n2)CCN1.Cl. The van der Waals surface area contributed by atoms with E-state index in [1.54, 1.807) is 16.8 Å². The molecule has 1 saturated heterocycles. The normalized spacial score (nSPS) is 19.9. The number of carbonyl (C=O) groups is 1. The Morgan fingerprint density at radius 3 is 2.85 bits per heavy atom. The predicted molar refractivity (Wildman–Crippen MR) is 101 cm³/mol. The highest BCUT2D eigenvalue weighted by Crippen LogP contribution is 2.18. The molecule has 3 rings (SSSR count). The van der Waals surface area contributed by atoms with Crippen LogP contribution in [0.5, 0.6) is 0 Å². The molecule has 1 aromatic heterocycles. The third-order valence-electron chi connectivity index (χ3n) is 4.36. The largest absolute Gasteiger partial charge is 0.346 e. The molecule has 6 nitrogen and oxygen atoms in total. The lowest BCUT2D eigenvalue weighted by molar-refractivity contribution is 0.0915. The molecule has 2 aromatic rings. The van der Waals surface area contributed by atoms with Gasteiger partial charge in [-0.15, -0.1) is 17.5 Å². The zero-order chi connectivity index (χ0) is 18.0. The molecule has 1 fully saturated rings. The van der Waals surface area contributed by atoms with Crippen molar-refractivity contribution in [1.82, 2.24) is 25.4 Å². The molecule has 1 aliphatic heterocycles. The number of amides is 1. The van der Waals surface area contributed by atoms with Crippen LogP contribution in [0.4, 0.5) is 4.39 Å². The second-order valence-electron chi connectivity index (χ2n) is 6.89. The number of piperidine rings is 1. The maximum atomic E-state index is 13.5. The first-order valence-electron chi connectivity index (χ1n) is 8.71. The smallest absolute Gasteiger partial charge is 0.291 e. The minimum atomic E-state index is -0.350. The molecule has 0 aliphatic carbocycles. The van der Waals surface area contributed by atoms with Crippen LogP contribution in [0.15, 0.2) is 24.3 Å². The molecule has 1 aliphatic rings. The zero-order valence-electron chi connectivity index (χ0n) is 15.2. The zero-order valence-corrected chi connectivity index (χ0v) is 16.0. The highest BCUT2D eigenvalue weighted by molar-refractivity contribution is 5.90. The van der Waals surface area contributed by atoms with E-state index in [0.29, 0.717) is 17.6 Å². The van der Waals surface area contributed by atoms with Crippen LogP contribution in [-0.4, -0.2) is 39.3 Å². The van der Waals surface area contributed by atoms with Crippen molar-refractivity contribution in [3.05, 3.63) is 41.7 Å². The van der Waals surface area contributed by atoms with Crippen molar-refractivity contribution >= 4 is 18.3 Å². The quantitative estimate of drug-likeness (QED) is 0.854. The van der Waals surface area contributed by atoms with Gasteiger partial charge in [-0.25, -0.2) is 14.1 Å². The summed E-state index contributed by atoms with van der Waals surface area (Å²) in [7, 11) is 0. The number of rotatable bonds is 4. The summed E-state index contributed by atoms with van der Waals surface area (Å²) in [6.07, 6.45) is 1.77. The van der Waals surface area contributed by atoms with Gasteiger partial charge in [0.1, 0.15) is 11.6 Å². The summed E-state index contributed by atoms with van der Waals surface area (Å²) in [6.45, 7) is 6.92. The van der Waals surface area contributed by atoms with Crippen LogP contribution < -0.4 is 10.6 Å². The third-order valence-corrected chi connectivity index (χ3v) is 4.36. The molecule has 142 valence electrons.